The molecule has 0 aliphatic rings. The minimum atomic E-state index is -4.46. The fourth-order valence-electron chi connectivity index (χ4n) is 3.25. The molecular weight excluding hydrogens is 434 g/mol. The number of hydrogen-bond donors (Lipinski definition) is 1. The Kier molecular flexibility index (Phi) is 6.83. The van der Waals surface area contributed by atoms with Crippen molar-refractivity contribution in [1.29, 1.82) is 0 Å². The van der Waals surface area contributed by atoms with Crippen molar-refractivity contribution < 1.29 is 23.0 Å². The van der Waals surface area contributed by atoms with Gasteiger partial charge in [0, 0.05) is 12.6 Å². The molecule has 2 aromatic heterocycles. The van der Waals surface area contributed by atoms with Gasteiger partial charge in [-0.15, -0.1) is 0 Å². The van der Waals surface area contributed by atoms with E-state index in [0.29, 0.717) is 12.8 Å². The number of sulfone groups is 1. The number of aryl methyl sites for hydroxylation is 1. The first-order chi connectivity index (χ1) is 15.2. The lowest BCUT2D eigenvalue weighted by Crippen LogP contribution is -2.30. The second-order valence-corrected chi connectivity index (χ2v) is 9.27. The molecule has 170 valence electrons. The number of ether oxygens (including phenoxy) is 2. The molecule has 0 radical (unpaired) electrons. The number of aromatic nitrogens is 3. The summed E-state index contributed by atoms with van der Waals surface area (Å²) >= 11 is 0. The van der Waals surface area contributed by atoms with Crippen LogP contribution in [0.5, 0.6) is 17.4 Å². The maximum Gasteiger partial charge on any atom is 0.281 e. The first kappa shape index (κ1) is 23.3. The van der Waals surface area contributed by atoms with Gasteiger partial charge in [0.25, 0.3) is 5.56 Å². The first-order valence-electron chi connectivity index (χ1n) is 9.94. The normalized spacial score (nSPS) is 11.5. The van der Waals surface area contributed by atoms with Crippen molar-refractivity contribution in [1.82, 2.24) is 14.5 Å². The van der Waals surface area contributed by atoms with Crippen LogP contribution in [0.4, 0.5) is 0 Å². The quantitative estimate of drug-likeness (QED) is 0.546. The first-order valence-corrected chi connectivity index (χ1v) is 11.4. The molecule has 0 spiro atoms. The fourth-order valence-corrected chi connectivity index (χ4v) is 4.52. The van der Waals surface area contributed by atoms with E-state index in [1.165, 1.54) is 32.5 Å². The molecule has 1 aromatic carbocycles. The van der Waals surface area contributed by atoms with E-state index in [2.05, 4.69) is 9.97 Å². The van der Waals surface area contributed by atoms with E-state index in [-0.39, 0.29) is 34.0 Å². The summed E-state index contributed by atoms with van der Waals surface area (Å²) in [4.78, 5) is 20.8. The molecular formula is C22H25N3O6S. The van der Waals surface area contributed by atoms with Crippen molar-refractivity contribution in [2.75, 3.05) is 14.2 Å². The monoisotopic (exact) mass is 459 g/mol. The van der Waals surface area contributed by atoms with Crippen LogP contribution in [-0.2, 0) is 16.3 Å². The number of benzene rings is 1. The van der Waals surface area contributed by atoms with E-state index in [4.69, 9.17) is 9.47 Å². The Hall–Kier alpha value is -3.40. The van der Waals surface area contributed by atoms with Gasteiger partial charge in [-0.1, -0.05) is 26.0 Å². The summed E-state index contributed by atoms with van der Waals surface area (Å²) in [5.41, 5.74) is -0.768. The van der Waals surface area contributed by atoms with Crippen molar-refractivity contribution in [3.8, 4) is 23.1 Å². The molecule has 0 bridgehead atoms. The van der Waals surface area contributed by atoms with Gasteiger partial charge in [0.2, 0.25) is 20.6 Å². The van der Waals surface area contributed by atoms with Gasteiger partial charge in [-0.2, -0.15) is 4.98 Å². The molecule has 3 aromatic rings. The zero-order valence-electron chi connectivity index (χ0n) is 18.3. The lowest BCUT2D eigenvalue weighted by Gasteiger charge is -2.19. The van der Waals surface area contributed by atoms with Crippen LogP contribution in [0.1, 0.15) is 26.1 Å². The molecule has 10 heteroatoms. The Balaban J connectivity index is 2.41. The van der Waals surface area contributed by atoms with Gasteiger partial charge in [0.15, 0.2) is 5.03 Å². The van der Waals surface area contributed by atoms with Crippen LogP contribution in [0.25, 0.3) is 5.69 Å². The fraction of sp³-hybridized carbons (Fsp3) is 0.318. The average Bonchev–Trinajstić information content (AvgIpc) is 2.77. The maximum absolute atomic E-state index is 13.7. The largest absolute Gasteiger partial charge is 0.494 e. The van der Waals surface area contributed by atoms with Crippen LogP contribution in [0.15, 0.2) is 57.3 Å². The van der Waals surface area contributed by atoms with Crippen molar-refractivity contribution in [2.24, 2.45) is 5.92 Å². The van der Waals surface area contributed by atoms with Crippen LogP contribution in [0.2, 0.25) is 0 Å². The topological polar surface area (TPSA) is 121 Å². The molecule has 32 heavy (non-hydrogen) atoms. The second-order valence-electron chi connectivity index (χ2n) is 7.44. The van der Waals surface area contributed by atoms with E-state index in [1.54, 1.807) is 24.3 Å². The maximum atomic E-state index is 13.7. The van der Waals surface area contributed by atoms with Gasteiger partial charge in [-0.05, 0) is 36.6 Å². The Bertz CT molecular complexity index is 1250. The molecule has 2 heterocycles. The summed E-state index contributed by atoms with van der Waals surface area (Å²) in [6.45, 7) is 4.01. The molecule has 0 saturated carbocycles. The van der Waals surface area contributed by atoms with Crippen molar-refractivity contribution >= 4 is 9.84 Å². The molecule has 0 amide bonds. The second kappa shape index (κ2) is 9.39. The van der Waals surface area contributed by atoms with Crippen molar-refractivity contribution in [2.45, 2.75) is 36.6 Å². The highest BCUT2D eigenvalue weighted by Crippen LogP contribution is 2.34. The number of aromatic hydroxyl groups is 1. The molecule has 9 nitrogen and oxygen atoms in total. The van der Waals surface area contributed by atoms with Gasteiger partial charge in [0.05, 0.1) is 14.2 Å². The van der Waals surface area contributed by atoms with Crippen LogP contribution in [-0.4, -0.2) is 42.3 Å². The number of hydrogen-bond acceptors (Lipinski definition) is 8. The SMILES string of the molecule is COc1cccc(OC)c1-n1c(CCC(C)C)nc(O)c(S(=O)(=O)c2ccccn2)c1=O. The lowest BCUT2D eigenvalue weighted by molar-refractivity contribution is 0.386. The number of rotatable bonds is 8. The van der Waals surface area contributed by atoms with Gasteiger partial charge in [0.1, 0.15) is 23.0 Å². The summed E-state index contributed by atoms with van der Waals surface area (Å²) in [5.74, 6) is 0.157. The van der Waals surface area contributed by atoms with E-state index in [0.717, 1.165) is 4.57 Å². The van der Waals surface area contributed by atoms with Gasteiger partial charge >= 0.3 is 0 Å². The zero-order chi connectivity index (χ0) is 23.5. The highest BCUT2D eigenvalue weighted by Gasteiger charge is 2.32. The van der Waals surface area contributed by atoms with Gasteiger partial charge in [-0.25, -0.2) is 13.4 Å². The number of nitrogens with zero attached hydrogens (tertiary/aromatic N) is 3. The Morgan fingerprint density at radius 1 is 1.06 bits per heavy atom. The van der Waals surface area contributed by atoms with Crippen LogP contribution < -0.4 is 15.0 Å². The molecule has 0 atom stereocenters. The molecule has 1 N–H and O–H groups in total. The highest BCUT2D eigenvalue weighted by molar-refractivity contribution is 7.91. The van der Waals surface area contributed by atoms with Crippen LogP contribution in [0.3, 0.4) is 0 Å². The summed E-state index contributed by atoms with van der Waals surface area (Å²) in [6.07, 6.45) is 2.25. The molecule has 0 fully saturated rings. The Labute approximate surface area is 186 Å². The smallest absolute Gasteiger partial charge is 0.281 e. The van der Waals surface area contributed by atoms with Gasteiger partial charge < -0.3 is 14.6 Å². The molecule has 0 saturated heterocycles. The summed E-state index contributed by atoms with van der Waals surface area (Å²) < 4.78 is 38.4. The third-order valence-corrected chi connectivity index (χ3v) is 6.53. The third kappa shape index (κ3) is 4.31. The third-order valence-electron chi connectivity index (χ3n) is 4.85. The number of methoxy groups -OCH3 is 2. The average molecular weight is 460 g/mol. The van der Waals surface area contributed by atoms with Crippen molar-refractivity contribution in [3.63, 3.8) is 0 Å². The van der Waals surface area contributed by atoms with E-state index in [9.17, 15) is 18.3 Å². The Morgan fingerprint density at radius 2 is 1.72 bits per heavy atom. The van der Waals surface area contributed by atoms with Gasteiger partial charge in [-0.3, -0.25) is 9.36 Å². The predicted molar refractivity (Wildman–Crippen MR) is 117 cm³/mol. The predicted octanol–water partition coefficient (Wildman–Crippen LogP) is 2.77. The highest BCUT2D eigenvalue weighted by atomic mass is 32.2. The van der Waals surface area contributed by atoms with E-state index in [1.807, 2.05) is 13.8 Å². The standard InChI is InChI=1S/C22H25N3O6S/c1-14(2)11-12-17-24-21(26)20(32(28,29)18-10-5-6-13-23-18)22(27)25(17)19-15(30-3)8-7-9-16(19)31-4/h5-10,13-14,26H,11-12H2,1-4H3. The minimum absolute atomic E-state index is 0.184. The molecule has 0 aliphatic heterocycles. The van der Waals surface area contributed by atoms with E-state index < -0.39 is 26.2 Å². The van der Waals surface area contributed by atoms with Crippen molar-refractivity contribution in [3.05, 3.63) is 58.8 Å². The summed E-state index contributed by atoms with van der Waals surface area (Å²) in [5, 5.41) is 10.2. The summed E-state index contributed by atoms with van der Waals surface area (Å²) in [6, 6.07) is 9.19. The van der Waals surface area contributed by atoms with E-state index >= 15 is 0 Å². The molecule has 0 unspecified atom stereocenters. The Morgan fingerprint density at radius 3 is 2.25 bits per heavy atom. The molecule has 3 rings (SSSR count). The lowest BCUT2D eigenvalue weighted by atomic mass is 10.1. The van der Waals surface area contributed by atoms with Crippen LogP contribution >= 0.6 is 0 Å². The molecule has 0 aliphatic carbocycles. The number of para-hydroxylation sites is 1. The number of pyridine rings is 1. The zero-order valence-corrected chi connectivity index (χ0v) is 19.1. The minimum Gasteiger partial charge on any atom is -0.494 e. The van der Waals surface area contributed by atoms with Crippen LogP contribution in [0, 0.1) is 5.92 Å². The summed E-state index contributed by atoms with van der Waals surface area (Å²) in [7, 11) is -1.60.